The first-order chi connectivity index (χ1) is 9.51. The Labute approximate surface area is 124 Å². The number of aromatic nitrogens is 1. The number of nitrogens with zero attached hydrogens (tertiary/aromatic N) is 2. The average molecular weight is 338 g/mol. The Morgan fingerprint density at radius 2 is 2.15 bits per heavy atom. The van der Waals surface area contributed by atoms with Crippen LogP contribution in [0, 0.1) is 17.0 Å². The molecule has 2 aromatic rings. The summed E-state index contributed by atoms with van der Waals surface area (Å²) in [6.45, 7) is 1.76. The van der Waals surface area contributed by atoms with Crippen LogP contribution in [0.2, 0.25) is 0 Å². The van der Waals surface area contributed by atoms with Crippen molar-refractivity contribution in [3.8, 4) is 11.5 Å². The van der Waals surface area contributed by atoms with E-state index in [-0.39, 0.29) is 11.4 Å². The highest BCUT2D eigenvalue weighted by molar-refractivity contribution is 9.10. The number of anilines is 1. The van der Waals surface area contributed by atoms with Crippen molar-refractivity contribution < 1.29 is 9.66 Å². The van der Waals surface area contributed by atoms with Crippen molar-refractivity contribution in [3.63, 3.8) is 0 Å². The lowest BCUT2D eigenvalue weighted by Gasteiger charge is -2.10. The van der Waals surface area contributed by atoms with E-state index in [0.29, 0.717) is 21.6 Å². The number of nitro benzene ring substituents is 1. The van der Waals surface area contributed by atoms with Crippen LogP contribution in [0.5, 0.6) is 11.5 Å². The molecule has 0 fully saturated rings. The van der Waals surface area contributed by atoms with E-state index in [1.54, 1.807) is 38.4 Å². The summed E-state index contributed by atoms with van der Waals surface area (Å²) in [5.74, 6) is 1.34. The molecule has 1 N–H and O–H groups in total. The average Bonchev–Trinajstić information content (AvgIpc) is 2.41. The maximum Gasteiger partial charge on any atom is 0.312 e. The SMILES string of the molecule is CNc1cc(Oc2c(C)cc(Br)cc2[N+](=O)[O-])ccn1. The normalized spacial score (nSPS) is 10.2. The summed E-state index contributed by atoms with van der Waals surface area (Å²) in [6.07, 6.45) is 1.57. The van der Waals surface area contributed by atoms with E-state index >= 15 is 0 Å². The second-order valence-corrected chi connectivity index (χ2v) is 4.97. The number of hydrogen-bond acceptors (Lipinski definition) is 5. The third kappa shape index (κ3) is 3.05. The zero-order chi connectivity index (χ0) is 14.7. The van der Waals surface area contributed by atoms with Crippen LogP contribution in [0.3, 0.4) is 0 Å². The highest BCUT2D eigenvalue weighted by atomic mass is 79.9. The summed E-state index contributed by atoms with van der Waals surface area (Å²) in [6, 6.07) is 6.50. The fraction of sp³-hybridized carbons (Fsp3) is 0.154. The van der Waals surface area contributed by atoms with E-state index in [4.69, 9.17) is 4.74 Å². The molecule has 0 atom stereocenters. The van der Waals surface area contributed by atoms with Gasteiger partial charge in [0.25, 0.3) is 0 Å². The molecule has 0 aliphatic rings. The quantitative estimate of drug-likeness (QED) is 0.676. The van der Waals surface area contributed by atoms with Gasteiger partial charge in [0.05, 0.1) is 4.92 Å². The number of nitrogens with one attached hydrogen (secondary N) is 1. The third-order valence-electron chi connectivity index (χ3n) is 2.62. The topological polar surface area (TPSA) is 77.3 Å². The zero-order valence-electron chi connectivity index (χ0n) is 10.9. The van der Waals surface area contributed by atoms with Crippen LogP contribution >= 0.6 is 15.9 Å². The second kappa shape index (κ2) is 5.87. The van der Waals surface area contributed by atoms with E-state index in [0.717, 1.165) is 0 Å². The lowest BCUT2D eigenvalue weighted by molar-refractivity contribution is -0.385. The van der Waals surface area contributed by atoms with Crippen molar-refractivity contribution >= 4 is 27.4 Å². The first-order valence-corrected chi connectivity index (χ1v) is 6.56. The predicted molar refractivity (Wildman–Crippen MR) is 79.4 cm³/mol. The van der Waals surface area contributed by atoms with Crippen molar-refractivity contribution in [1.82, 2.24) is 4.98 Å². The minimum absolute atomic E-state index is 0.0836. The van der Waals surface area contributed by atoms with Gasteiger partial charge >= 0.3 is 5.69 Å². The second-order valence-electron chi connectivity index (χ2n) is 4.06. The molecule has 0 aliphatic heterocycles. The van der Waals surface area contributed by atoms with Gasteiger partial charge in [0.2, 0.25) is 5.75 Å². The van der Waals surface area contributed by atoms with Crippen LogP contribution in [0.4, 0.5) is 11.5 Å². The summed E-state index contributed by atoms with van der Waals surface area (Å²) in [7, 11) is 1.74. The van der Waals surface area contributed by atoms with E-state index in [2.05, 4.69) is 26.2 Å². The molecule has 0 saturated heterocycles. The van der Waals surface area contributed by atoms with Crippen LogP contribution in [0.25, 0.3) is 0 Å². The summed E-state index contributed by atoms with van der Waals surface area (Å²) in [4.78, 5) is 14.7. The Kier molecular flexibility index (Phi) is 4.19. The third-order valence-corrected chi connectivity index (χ3v) is 3.08. The fourth-order valence-electron chi connectivity index (χ4n) is 1.71. The van der Waals surface area contributed by atoms with Gasteiger partial charge in [0.1, 0.15) is 11.6 Å². The molecule has 0 amide bonds. The Hall–Kier alpha value is -2.15. The number of hydrogen-bond donors (Lipinski definition) is 1. The molecule has 0 unspecified atom stereocenters. The molecular formula is C13H12BrN3O3. The number of pyridine rings is 1. The molecule has 104 valence electrons. The summed E-state index contributed by atoms with van der Waals surface area (Å²) in [5, 5.41) is 14.0. The van der Waals surface area contributed by atoms with E-state index in [1.807, 2.05) is 0 Å². The number of halogens is 1. The van der Waals surface area contributed by atoms with Crippen LogP contribution in [-0.4, -0.2) is 17.0 Å². The Morgan fingerprint density at radius 3 is 2.80 bits per heavy atom. The number of benzene rings is 1. The molecule has 0 radical (unpaired) electrons. The molecule has 6 nitrogen and oxygen atoms in total. The van der Waals surface area contributed by atoms with Gasteiger partial charge in [-0.15, -0.1) is 0 Å². The van der Waals surface area contributed by atoms with Crippen LogP contribution in [-0.2, 0) is 0 Å². The minimum Gasteiger partial charge on any atom is -0.450 e. The number of ether oxygens (including phenoxy) is 1. The van der Waals surface area contributed by atoms with E-state index in [1.165, 1.54) is 6.07 Å². The standard InChI is InChI=1S/C13H12BrN3O3/c1-8-5-9(14)6-11(17(18)19)13(8)20-10-3-4-16-12(7-10)15-2/h3-7H,1-2H3,(H,15,16). The smallest absolute Gasteiger partial charge is 0.312 e. The minimum atomic E-state index is -0.465. The van der Waals surface area contributed by atoms with Crippen molar-refractivity contribution in [2.75, 3.05) is 12.4 Å². The summed E-state index contributed by atoms with van der Waals surface area (Å²) in [5.41, 5.74) is 0.591. The highest BCUT2D eigenvalue weighted by Gasteiger charge is 2.19. The highest BCUT2D eigenvalue weighted by Crippen LogP contribution is 2.37. The molecule has 1 heterocycles. The molecule has 2 rings (SSSR count). The van der Waals surface area contributed by atoms with Gasteiger partial charge in [-0.3, -0.25) is 10.1 Å². The van der Waals surface area contributed by atoms with Gasteiger partial charge in [-0.05, 0) is 24.6 Å². The van der Waals surface area contributed by atoms with Crippen molar-refractivity contribution in [3.05, 3.63) is 50.6 Å². The predicted octanol–water partition coefficient (Wildman–Crippen LogP) is 3.89. The van der Waals surface area contributed by atoms with Crippen LogP contribution in [0.1, 0.15) is 5.56 Å². The molecular weight excluding hydrogens is 326 g/mol. The molecule has 7 heteroatoms. The molecule has 0 saturated carbocycles. The fourth-order valence-corrected chi connectivity index (χ4v) is 2.27. The summed E-state index contributed by atoms with van der Waals surface area (Å²) < 4.78 is 6.30. The Bertz CT molecular complexity index is 661. The first-order valence-electron chi connectivity index (χ1n) is 5.77. The Morgan fingerprint density at radius 1 is 1.40 bits per heavy atom. The maximum atomic E-state index is 11.1. The number of aryl methyl sites for hydroxylation is 1. The van der Waals surface area contributed by atoms with Crippen LogP contribution in [0.15, 0.2) is 34.9 Å². The zero-order valence-corrected chi connectivity index (χ0v) is 12.5. The first kappa shape index (κ1) is 14.3. The largest absolute Gasteiger partial charge is 0.450 e. The van der Waals surface area contributed by atoms with Gasteiger partial charge in [-0.2, -0.15) is 0 Å². The molecule has 20 heavy (non-hydrogen) atoms. The molecule has 0 spiro atoms. The van der Waals surface area contributed by atoms with Crippen molar-refractivity contribution in [2.45, 2.75) is 6.92 Å². The number of nitro groups is 1. The lowest BCUT2D eigenvalue weighted by Crippen LogP contribution is -1.97. The van der Waals surface area contributed by atoms with Crippen molar-refractivity contribution in [1.29, 1.82) is 0 Å². The monoisotopic (exact) mass is 337 g/mol. The lowest BCUT2D eigenvalue weighted by atomic mass is 10.2. The van der Waals surface area contributed by atoms with E-state index < -0.39 is 4.92 Å². The van der Waals surface area contributed by atoms with Crippen molar-refractivity contribution in [2.24, 2.45) is 0 Å². The molecule has 1 aromatic carbocycles. The van der Waals surface area contributed by atoms with Gasteiger partial charge in [0, 0.05) is 29.8 Å². The number of rotatable bonds is 4. The van der Waals surface area contributed by atoms with Gasteiger partial charge < -0.3 is 10.1 Å². The molecule has 0 aliphatic carbocycles. The van der Waals surface area contributed by atoms with Gasteiger partial charge in [-0.1, -0.05) is 15.9 Å². The van der Waals surface area contributed by atoms with E-state index in [9.17, 15) is 10.1 Å². The molecule has 1 aromatic heterocycles. The maximum absolute atomic E-state index is 11.1. The van der Waals surface area contributed by atoms with Gasteiger partial charge in [0.15, 0.2) is 0 Å². The molecule has 0 bridgehead atoms. The Balaban J connectivity index is 2.44. The van der Waals surface area contributed by atoms with Crippen LogP contribution < -0.4 is 10.1 Å². The van der Waals surface area contributed by atoms with Gasteiger partial charge in [-0.25, -0.2) is 4.98 Å². The summed E-state index contributed by atoms with van der Waals surface area (Å²) >= 11 is 3.24.